The van der Waals surface area contributed by atoms with Gasteiger partial charge in [-0.15, -0.1) is 11.6 Å². The van der Waals surface area contributed by atoms with Gasteiger partial charge < -0.3 is 11.1 Å². The molecule has 154 valence electrons. The van der Waals surface area contributed by atoms with Crippen LogP contribution in [0.2, 0.25) is 0 Å². The molecule has 7 nitrogen and oxygen atoms in total. The molecule has 0 spiro atoms. The third-order valence-corrected chi connectivity index (χ3v) is 4.81. The van der Waals surface area contributed by atoms with Gasteiger partial charge in [0.25, 0.3) is 5.56 Å². The molecule has 0 aliphatic carbocycles. The van der Waals surface area contributed by atoms with Crippen LogP contribution in [0, 0.1) is 0 Å². The van der Waals surface area contributed by atoms with Crippen molar-refractivity contribution in [2.75, 3.05) is 11.6 Å². The first kappa shape index (κ1) is 21.3. The van der Waals surface area contributed by atoms with Crippen molar-refractivity contribution in [1.82, 2.24) is 14.9 Å². The molecule has 1 heterocycles. The quantitative estimate of drug-likeness (QED) is 0.538. The summed E-state index contributed by atoms with van der Waals surface area (Å²) in [5, 5.41) is 2.69. The van der Waals surface area contributed by atoms with Gasteiger partial charge in [0.2, 0.25) is 5.91 Å². The Morgan fingerprint density at radius 2 is 1.70 bits per heavy atom. The topological polar surface area (TPSA) is 107 Å². The zero-order valence-electron chi connectivity index (χ0n) is 16.1. The lowest BCUT2D eigenvalue weighted by molar-refractivity contribution is -0.127. The van der Waals surface area contributed by atoms with E-state index < -0.39 is 17.5 Å². The minimum absolute atomic E-state index is 0.0693. The lowest BCUT2D eigenvalue weighted by Gasteiger charge is -2.18. The van der Waals surface area contributed by atoms with Gasteiger partial charge in [0.15, 0.2) is 5.78 Å². The van der Waals surface area contributed by atoms with Crippen LogP contribution in [0.25, 0.3) is 11.4 Å². The number of alkyl halides is 1. The first-order valence-corrected chi connectivity index (χ1v) is 9.85. The van der Waals surface area contributed by atoms with E-state index in [1.807, 2.05) is 36.4 Å². The molecule has 0 aliphatic rings. The average molecular weight is 425 g/mol. The number of nitrogens with two attached hydrogens (primary N) is 1. The van der Waals surface area contributed by atoms with Crippen molar-refractivity contribution >= 4 is 29.0 Å². The van der Waals surface area contributed by atoms with Crippen molar-refractivity contribution < 1.29 is 9.59 Å². The van der Waals surface area contributed by atoms with Gasteiger partial charge in [-0.2, -0.15) is 0 Å². The second kappa shape index (κ2) is 9.84. The highest BCUT2D eigenvalue weighted by Gasteiger charge is 2.22. The minimum Gasteiger partial charge on any atom is -0.393 e. The van der Waals surface area contributed by atoms with Gasteiger partial charge in [-0.3, -0.25) is 19.0 Å². The van der Waals surface area contributed by atoms with E-state index in [0.717, 1.165) is 5.56 Å². The smallest absolute Gasteiger partial charge is 0.277 e. The minimum atomic E-state index is -0.803. The van der Waals surface area contributed by atoms with E-state index in [4.69, 9.17) is 17.3 Å². The van der Waals surface area contributed by atoms with Crippen LogP contribution < -0.4 is 16.6 Å². The molecule has 2 aromatic carbocycles. The number of anilines is 1. The van der Waals surface area contributed by atoms with Crippen LogP contribution in [0.15, 0.2) is 71.7 Å². The van der Waals surface area contributed by atoms with Gasteiger partial charge in [-0.05, 0) is 12.0 Å². The monoisotopic (exact) mass is 424 g/mol. The molecule has 0 bridgehead atoms. The standard InChI is InChI=1S/C22H21ClN4O3/c23-12-19(28)18(11-15-7-3-1-4-8-15)26-20(29)14-27-21(16-9-5-2-6-10-16)25-13-17(24)22(27)30/h1-10,13,18H,11-12,14,24H2,(H,26,29). The Kier molecular flexibility index (Phi) is 6.98. The molecule has 30 heavy (non-hydrogen) atoms. The van der Waals surface area contributed by atoms with Gasteiger partial charge in [0.05, 0.1) is 18.1 Å². The molecule has 0 aliphatic heterocycles. The largest absolute Gasteiger partial charge is 0.393 e. The molecule has 3 aromatic rings. The van der Waals surface area contributed by atoms with Gasteiger partial charge in [-0.1, -0.05) is 60.7 Å². The number of halogens is 1. The summed E-state index contributed by atoms with van der Waals surface area (Å²) >= 11 is 5.73. The number of nitrogens with one attached hydrogen (secondary N) is 1. The molecule has 8 heteroatoms. The highest BCUT2D eigenvalue weighted by molar-refractivity contribution is 6.28. The third-order valence-electron chi connectivity index (χ3n) is 4.55. The van der Waals surface area contributed by atoms with E-state index in [1.165, 1.54) is 10.8 Å². The summed E-state index contributed by atoms with van der Waals surface area (Å²) in [5.41, 5.74) is 6.67. The molecule has 1 unspecified atom stereocenters. The van der Waals surface area contributed by atoms with Crippen LogP contribution >= 0.6 is 11.6 Å². The van der Waals surface area contributed by atoms with E-state index in [2.05, 4.69) is 10.3 Å². The molecular formula is C22H21ClN4O3. The second-order valence-corrected chi connectivity index (χ2v) is 6.97. The first-order chi connectivity index (χ1) is 14.5. The van der Waals surface area contributed by atoms with Crippen molar-refractivity contribution in [1.29, 1.82) is 0 Å². The normalized spacial score (nSPS) is 11.6. The number of nitrogens with zero attached hydrogens (tertiary/aromatic N) is 2. The van der Waals surface area contributed by atoms with Crippen molar-refractivity contribution in [2.24, 2.45) is 0 Å². The number of hydrogen-bond donors (Lipinski definition) is 2. The number of nitrogen functional groups attached to an aromatic ring is 1. The predicted molar refractivity (Wildman–Crippen MR) is 116 cm³/mol. The molecule has 0 saturated carbocycles. The van der Waals surface area contributed by atoms with E-state index >= 15 is 0 Å². The summed E-state index contributed by atoms with van der Waals surface area (Å²) in [6.45, 7) is -0.331. The van der Waals surface area contributed by atoms with Crippen molar-refractivity contribution in [3.63, 3.8) is 0 Å². The highest BCUT2D eigenvalue weighted by atomic mass is 35.5. The van der Waals surface area contributed by atoms with Crippen LogP contribution in [0.3, 0.4) is 0 Å². The van der Waals surface area contributed by atoms with E-state index in [1.54, 1.807) is 24.3 Å². The van der Waals surface area contributed by atoms with Crippen LogP contribution in [0.5, 0.6) is 0 Å². The van der Waals surface area contributed by atoms with Gasteiger partial charge in [-0.25, -0.2) is 4.98 Å². The number of carbonyl (C=O) groups excluding carboxylic acids is 2. The van der Waals surface area contributed by atoms with Crippen LogP contribution in [-0.4, -0.2) is 33.2 Å². The van der Waals surface area contributed by atoms with Gasteiger partial charge in [0.1, 0.15) is 18.1 Å². The Morgan fingerprint density at radius 1 is 1.07 bits per heavy atom. The lowest BCUT2D eigenvalue weighted by Crippen LogP contribution is -2.45. The molecule has 3 rings (SSSR count). The molecule has 0 radical (unpaired) electrons. The van der Waals surface area contributed by atoms with Gasteiger partial charge >= 0.3 is 0 Å². The summed E-state index contributed by atoms with van der Waals surface area (Å²) in [6, 6.07) is 17.5. The molecule has 0 fully saturated rings. The van der Waals surface area contributed by atoms with Crippen LogP contribution in [0.1, 0.15) is 5.56 Å². The fourth-order valence-corrected chi connectivity index (χ4v) is 3.23. The summed E-state index contributed by atoms with van der Waals surface area (Å²) in [5.74, 6) is -0.739. The van der Waals surface area contributed by atoms with Crippen molar-refractivity contribution in [3.05, 3.63) is 82.8 Å². The van der Waals surface area contributed by atoms with Gasteiger partial charge in [0, 0.05) is 5.56 Å². The Hall–Kier alpha value is -3.45. The number of hydrogen-bond acceptors (Lipinski definition) is 5. The SMILES string of the molecule is Nc1cnc(-c2ccccc2)n(CC(=O)NC(Cc2ccccc2)C(=O)CCl)c1=O. The Labute approximate surface area is 178 Å². The maximum Gasteiger partial charge on any atom is 0.277 e. The number of rotatable bonds is 8. The van der Waals surface area contributed by atoms with E-state index in [-0.39, 0.29) is 23.9 Å². The predicted octanol–water partition coefficient (Wildman–Crippen LogP) is 2.03. The molecule has 1 amide bonds. The first-order valence-electron chi connectivity index (χ1n) is 9.32. The Bertz CT molecular complexity index is 1080. The number of aromatic nitrogens is 2. The zero-order chi connectivity index (χ0) is 21.5. The van der Waals surface area contributed by atoms with Crippen LogP contribution in [-0.2, 0) is 22.6 Å². The summed E-state index contributed by atoms with van der Waals surface area (Å²) < 4.78 is 1.20. The van der Waals surface area contributed by atoms with Crippen molar-refractivity contribution in [2.45, 2.75) is 19.0 Å². The lowest BCUT2D eigenvalue weighted by atomic mass is 10.0. The van der Waals surface area contributed by atoms with E-state index in [0.29, 0.717) is 17.8 Å². The maximum atomic E-state index is 12.7. The Morgan fingerprint density at radius 3 is 2.33 bits per heavy atom. The number of ketones is 1. The molecule has 3 N–H and O–H groups in total. The fraction of sp³-hybridized carbons (Fsp3) is 0.182. The fourth-order valence-electron chi connectivity index (χ4n) is 3.04. The summed E-state index contributed by atoms with van der Waals surface area (Å²) in [4.78, 5) is 41.8. The van der Waals surface area contributed by atoms with E-state index in [9.17, 15) is 14.4 Å². The second-order valence-electron chi connectivity index (χ2n) is 6.70. The third kappa shape index (κ3) is 5.12. The number of Topliss-reactive ketones (excluding diaryl/α,β-unsaturated/α-hetero) is 1. The summed E-state index contributed by atoms with van der Waals surface area (Å²) in [6.07, 6.45) is 1.57. The zero-order valence-corrected chi connectivity index (χ0v) is 16.9. The molecule has 1 atom stereocenters. The van der Waals surface area contributed by atoms with Crippen molar-refractivity contribution in [3.8, 4) is 11.4 Å². The number of benzene rings is 2. The number of amides is 1. The maximum absolute atomic E-state index is 12.7. The molecule has 0 saturated heterocycles. The Balaban J connectivity index is 1.85. The highest BCUT2D eigenvalue weighted by Crippen LogP contribution is 2.15. The summed E-state index contributed by atoms with van der Waals surface area (Å²) in [7, 11) is 0. The number of carbonyl (C=O) groups is 2. The van der Waals surface area contributed by atoms with Crippen LogP contribution in [0.4, 0.5) is 5.69 Å². The molecule has 1 aromatic heterocycles. The average Bonchev–Trinajstić information content (AvgIpc) is 2.77. The molecular weight excluding hydrogens is 404 g/mol.